The van der Waals surface area contributed by atoms with Crippen molar-refractivity contribution in [3.8, 4) is 0 Å². The molecular weight excluding hydrogens is 276 g/mol. The normalized spacial score (nSPS) is 15.8. The summed E-state index contributed by atoms with van der Waals surface area (Å²) in [4.78, 5) is 2.52. The van der Waals surface area contributed by atoms with Gasteiger partial charge in [-0.25, -0.2) is 0 Å². The number of hydrogen-bond donors (Lipinski definition) is 1. The maximum Gasteiger partial charge on any atom is 0.0371 e. The van der Waals surface area contributed by atoms with Gasteiger partial charge in [-0.3, -0.25) is 4.90 Å². The molecule has 1 saturated carbocycles. The highest BCUT2D eigenvalue weighted by Gasteiger charge is 2.26. The van der Waals surface area contributed by atoms with Crippen molar-refractivity contribution in [1.82, 2.24) is 4.90 Å². The van der Waals surface area contributed by atoms with E-state index in [-0.39, 0.29) is 0 Å². The molecule has 0 heterocycles. The Morgan fingerprint density at radius 1 is 1.41 bits per heavy atom. The molecule has 0 saturated heterocycles. The highest BCUT2D eigenvalue weighted by Crippen LogP contribution is 2.32. The molecular formula is C14H21BrN2. The van der Waals surface area contributed by atoms with Crippen LogP contribution in [0.2, 0.25) is 0 Å². The highest BCUT2D eigenvalue weighted by molar-refractivity contribution is 9.10. The Morgan fingerprint density at radius 3 is 2.65 bits per heavy atom. The second-order valence-corrected chi connectivity index (χ2v) is 6.13. The van der Waals surface area contributed by atoms with Crippen LogP contribution in [0, 0.1) is 5.92 Å². The second-order valence-electron chi connectivity index (χ2n) is 5.27. The minimum atomic E-state index is 0.571. The number of nitrogen functional groups attached to an aromatic ring is 1. The van der Waals surface area contributed by atoms with E-state index in [1.54, 1.807) is 0 Å². The van der Waals surface area contributed by atoms with Crippen LogP contribution >= 0.6 is 15.9 Å². The van der Waals surface area contributed by atoms with E-state index >= 15 is 0 Å². The molecule has 0 spiro atoms. The van der Waals surface area contributed by atoms with Gasteiger partial charge in [-0.05, 0) is 44.7 Å². The predicted octanol–water partition coefficient (Wildman–Crippen LogP) is 3.65. The Labute approximate surface area is 112 Å². The minimum Gasteiger partial charge on any atom is -0.398 e. The van der Waals surface area contributed by atoms with Gasteiger partial charge in [0.25, 0.3) is 0 Å². The molecule has 0 radical (unpaired) electrons. The van der Waals surface area contributed by atoms with Crippen LogP contribution < -0.4 is 5.73 Å². The van der Waals surface area contributed by atoms with Crippen LogP contribution in [0.4, 0.5) is 5.69 Å². The molecule has 1 aliphatic rings. The summed E-state index contributed by atoms with van der Waals surface area (Å²) in [5, 5.41) is 0. The third kappa shape index (κ3) is 3.46. The smallest absolute Gasteiger partial charge is 0.0371 e. The number of hydrogen-bond acceptors (Lipinski definition) is 2. The van der Waals surface area contributed by atoms with E-state index in [2.05, 4.69) is 40.7 Å². The third-order valence-electron chi connectivity index (χ3n) is 3.44. The largest absolute Gasteiger partial charge is 0.398 e. The number of anilines is 1. The van der Waals surface area contributed by atoms with Crippen LogP contribution in [-0.4, -0.2) is 17.5 Å². The summed E-state index contributed by atoms with van der Waals surface area (Å²) >= 11 is 3.60. The lowest BCUT2D eigenvalue weighted by molar-refractivity contribution is 0.204. The van der Waals surface area contributed by atoms with Crippen molar-refractivity contribution in [3.05, 3.63) is 28.2 Å². The molecule has 17 heavy (non-hydrogen) atoms. The van der Waals surface area contributed by atoms with Gasteiger partial charge in [0.1, 0.15) is 0 Å². The first-order chi connectivity index (χ1) is 8.08. The summed E-state index contributed by atoms with van der Waals surface area (Å²) in [6, 6.07) is 6.61. The maximum atomic E-state index is 6.06. The van der Waals surface area contributed by atoms with Gasteiger partial charge >= 0.3 is 0 Å². The lowest BCUT2D eigenvalue weighted by Gasteiger charge is -2.27. The van der Waals surface area contributed by atoms with Crippen molar-refractivity contribution in [2.45, 2.75) is 39.3 Å². The Morgan fingerprint density at radius 2 is 2.12 bits per heavy atom. The number of rotatable bonds is 5. The van der Waals surface area contributed by atoms with E-state index in [0.29, 0.717) is 6.04 Å². The first-order valence-corrected chi connectivity index (χ1v) is 7.14. The number of halogens is 1. The average molecular weight is 297 g/mol. The maximum absolute atomic E-state index is 6.06. The van der Waals surface area contributed by atoms with Crippen LogP contribution in [0.3, 0.4) is 0 Å². The lowest BCUT2D eigenvalue weighted by atomic mass is 10.1. The Bertz CT molecular complexity index is 366. The molecule has 2 rings (SSSR count). The Kier molecular flexibility index (Phi) is 4.10. The van der Waals surface area contributed by atoms with E-state index in [1.165, 1.54) is 24.9 Å². The minimum absolute atomic E-state index is 0.571. The highest BCUT2D eigenvalue weighted by atomic mass is 79.9. The van der Waals surface area contributed by atoms with Crippen molar-refractivity contribution in [3.63, 3.8) is 0 Å². The topological polar surface area (TPSA) is 29.3 Å². The molecule has 2 nitrogen and oxygen atoms in total. The Balaban J connectivity index is 2.10. The fraction of sp³-hybridized carbons (Fsp3) is 0.571. The van der Waals surface area contributed by atoms with Crippen LogP contribution in [0.25, 0.3) is 0 Å². The lowest BCUT2D eigenvalue weighted by Crippen LogP contribution is -2.32. The van der Waals surface area contributed by atoms with Crippen molar-refractivity contribution in [1.29, 1.82) is 0 Å². The van der Waals surface area contributed by atoms with Crippen LogP contribution in [0.1, 0.15) is 32.3 Å². The molecule has 0 amide bonds. The zero-order valence-electron chi connectivity index (χ0n) is 10.6. The first-order valence-electron chi connectivity index (χ1n) is 6.35. The fourth-order valence-electron chi connectivity index (χ4n) is 2.04. The van der Waals surface area contributed by atoms with Gasteiger partial charge in [0.15, 0.2) is 0 Å². The van der Waals surface area contributed by atoms with E-state index in [1.807, 2.05) is 12.1 Å². The zero-order chi connectivity index (χ0) is 12.4. The standard InChI is InChI=1S/C14H21BrN2/c1-10(2)17(8-11-6-7-11)9-12-13(15)4-3-5-14(12)16/h3-5,10-11H,6-9,16H2,1-2H3. The second kappa shape index (κ2) is 5.40. The van der Waals surface area contributed by atoms with Crippen molar-refractivity contribution in [2.24, 2.45) is 5.92 Å². The fourth-order valence-corrected chi connectivity index (χ4v) is 2.54. The van der Waals surface area contributed by atoms with Crippen LogP contribution in [0.5, 0.6) is 0 Å². The predicted molar refractivity (Wildman–Crippen MR) is 76.8 cm³/mol. The summed E-state index contributed by atoms with van der Waals surface area (Å²) < 4.78 is 1.12. The van der Waals surface area contributed by atoms with Crippen LogP contribution in [-0.2, 0) is 6.54 Å². The van der Waals surface area contributed by atoms with Crippen molar-refractivity contribution < 1.29 is 0 Å². The summed E-state index contributed by atoms with van der Waals surface area (Å²) in [5.41, 5.74) is 8.17. The van der Waals surface area contributed by atoms with Gasteiger partial charge in [0, 0.05) is 34.9 Å². The quantitative estimate of drug-likeness (QED) is 0.841. The van der Waals surface area contributed by atoms with Crippen molar-refractivity contribution in [2.75, 3.05) is 12.3 Å². The summed E-state index contributed by atoms with van der Waals surface area (Å²) in [6.45, 7) is 6.67. The van der Waals surface area contributed by atoms with E-state index in [9.17, 15) is 0 Å². The third-order valence-corrected chi connectivity index (χ3v) is 4.18. The molecule has 0 unspecified atom stereocenters. The average Bonchev–Trinajstić information content (AvgIpc) is 3.05. The van der Waals surface area contributed by atoms with Gasteiger partial charge in [-0.2, -0.15) is 0 Å². The van der Waals surface area contributed by atoms with Gasteiger partial charge < -0.3 is 5.73 Å². The van der Waals surface area contributed by atoms with E-state index < -0.39 is 0 Å². The summed E-state index contributed by atoms with van der Waals surface area (Å²) in [5.74, 6) is 0.918. The molecule has 1 fully saturated rings. The molecule has 1 aromatic rings. The van der Waals surface area contributed by atoms with E-state index in [0.717, 1.165) is 22.6 Å². The summed E-state index contributed by atoms with van der Waals surface area (Å²) in [7, 11) is 0. The monoisotopic (exact) mass is 296 g/mol. The van der Waals surface area contributed by atoms with Crippen molar-refractivity contribution >= 4 is 21.6 Å². The number of nitrogens with two attached hydrogens (primary N) is 1. The molecule has 94 valence electrons. The van der Waals surface area contributed by atoms with E-state index in [4.69, 9.17) is 5.73 Å². The molecule has 3 heteroatoms. The molecule has 0 bridgehead atoms. The molecule has 1 aromatic carbocycles. The molecule has 1 aliphatic carbocycles. The van der Waals surface area contributed by atoms with Gasteiger partial charge in [0.2, 0.25) is 0 Å². The molecule has 0 aliphatic heterocycles. The first kappa shape index (κ1) is 12.9. The van der Waals surface area contributed by atoms with Gasteiger partial charge in [0.05, 0.1) is 0 Å². The molecule has 2 N–H and O–H groups in total. The van der Waals surface area contributed by atoms with Gasteiger partial charge in [-0.15, -0.1) is 0 Å². The summed E-state index contributed by atoms with van der Waals surface area (Å²) in [6.07, 6.45) is 2.79. The number of nitrogens with zero attached hydrogens (tertiary/aromatic N) is 1. The van der Waals surface area contributed by atoms with Crippen LogP contribution in [0.15, 0.2) is 22.7 Å². The Hall–Kier alpha value is -0.540. The molecule has 0 atom stereocenters. The SMILES string of the molecule is CC(C)N(Cc1c(N)cccc1Br)CC1CC1. The zero-order valence-corrected chi connectivity index (χ0v) is 12.2. The number of benzene rings is 1. The van der Waals surface area contributed by atoms with Gasteiger partial charge in [-0.1, -0.05) is 22.0 Å². The molecule has 0 aromatic heterocycles.